The number of H-pyrrole nitrogens is 1. The second-order valence-corrected chi connectivity index (χ2v) is 5.75. The van der Waals surface area contributed by atoms with Crippen LogP contribution in [0.1, 0.15) is 24.2 Å². The minimum atomic E-state index is -0.600. The van der Waals surface area contributed by atoms with Crippen LogP contribution in [0.15, 0.2) is 48.7 Å². The molecule has 0 aliphatic heterocycles. The van der Waals surface area contributed by atoms with Crippen LogP contribution in [-0.4, -0.2) is 22.8 Å². The van der Waals surface area contributed by atoms with E-state index >= 15 is 0 Å². The molecule has 0 radical (unpaired) electrons. The van der Waals surface area contributed by atoms with Crippen LogP contribution in [0.5, 0.6) is 5.75 Å². The second kappa shape index (κ2) is 7.10. The summed E-state index contributed by atoms with van der Waals surface area (Å²) < 4.78 is 5.51. The lowest BCUT2D eigenvalue weighted by atomic mass is 10.1. The minimum absolute atomic E-state index is 0.201. The van der Waals surface area contributed by atoms with Gasteiger partial charge < -0.3 is 20.4 Å². The highest BCUT2D eigenvalue weighted by Gasteiger charge is 2.14. The molecule has 3 rings (SSSR count). The standard InChI is InChI=1S/C19H17N3O4/c1-11(23)21-14-8-13(9-15(10-14)22-12(2)24)19(25)26-18-5-3-4-17-16(18)6-7-20-17/h3-10,20H,1-2H3,(H,21,23)(H,22,24). The number of aromatic nitrogens is 1. The molecule has 0 fully saturated rings. The van der Waals surface area contributed by atoms with Gasteiger partial charge in [-0.2, -0.15) is 0 Å². The van der Waals surface area contributed by atoms with Crippen molar-refractivity contribution in [3.8, 4) is 5.75 Å². The van der Waals surface area contributed by atoms with Crippen LogP contribution in [0.2, 0.25) is 0 Å². The Hall–Kier alpha value is -3.61. The van der Waals surface area contributed by atoms with Gasteiger partial charge >= 0.3 is 5.97 Å². The van der Waals surface area contributed by atoms with Crippen molar-refractivity contribution in [3.63, 3.8) is 0 Å². The highest BCUT2D eigenvalue weighted by molar-refractivity contribution is 5.99. The first kappa shape index (κ1) is 17.2. The van der Waals surface area contributed by atoms with E-state index in [0.29, 0.717) is 17.1 Å². The first-order valence-corrected chi connectivity index (χ1v) is 7.91. The normalized spacial score (nSPS) is 10.4. The van der Waals surface area contributed by atoms with Gasteiger partial charge in [-0.25, -0.2) is 4.79 Å². The number of amides is 2. The van der Waals surface area contributed by atoms with E-state index in [1.165, 1.54) is 26.0 Å². The molecule has 0 aliphatic rings. The number of aromatic amines is 1. The van der Waals surface area contributed by atoms with Crippen molar-refractivity contribution in [2.45, 2.75) is 13.8 Å². The van der Waals surface area contributed by atoms with Gasteiger partial charge in [-0.05, 0) is 36.4 Å². The Morgan fingerprint density at radius 2 is 1.58 bits per heavy atom. The molecule has 1 heterocycles. The quantitative estimate of drug-likeness (QED) is 0.496. The van der Waals surface area contributed by atoms with Crippen molar-refractivity contribution in [2.75, 3.05) is 10.6 Å². The monoisotopic (exact) mass is 351 g/mol. The van der Waals surface area contributed by atoms with Crippen LogP contribution in [-0.2, 0) is 9.59 Å². The zero-order valence-corrected chi connectivity index (χ0v) is 14.3. The maximum Gasteiger partial charge on any atom is 0.343 e. The summed E-state index contributed by atoms with van der Waals surface area (Å²) in [4.78, 5) is 38.3. The highest BCUT2D eigenvalue weighted by Crippen LogP contribution is 2.26. The smallest absolute Gasteiger partial charge is 0.343 e. The SMILES string of the molecule is CC(=O)Nc1cc(NC(C)=O)cc(C(=O)Oc2cccc3[nH]ccc23)c1. The van der Waals surface area contributed by atoms with Crippen LogP contribution < -0.4 is 15.4 Å². The van der Waals surface area contributed by atoms with Gasteiger partial charge in [0.2, 0.25) is 11.8 Å². The molecular formula is C19H17N3O4. The van der Waals surface area contributed by atoms with Crippen LogP contribution >= 0.6 is 0 Å². The summed E-state index contributed by atoms with van der Waals surface area (Å²) in [7, 11) is 0. The predicted octanol–water partition coefficient (Wildman–Crippen LogP) is 3.30. The average molecular weight is 351 g/mol. The molecule has 3 N–H and O–H groups in total. The van der Waals surface area contributed by atoms with Crippen molar-refractivity contribution in [1.29, 1.82) is 0 Å². The number of fused-ring (bicyclic) bond motifs is 1. The van der Waals surface area contributed by atoms with Gasteiger partial charge in [0.25, 0.3) is 0 Å². The first-order valence-electron chi connectivity index (χ1n) is 7.91. The number of nitrogens with one attached hydrogen (secondary N) is 3. The summed E-state index contributed by atoms with van der Waals surface area (Å²) in [5, 5.41) is 5.98. The van der Waals surface area contributed by atoms with Gasteiger partial charge in [-0.3, -0.25) is 9.59 Å². The Balaban J connectivity index is 1.93. The van der Waals surface area contributed by atoms with E-state index in [1.807, 2.05) is 12.1 Å². The van der Waals surface area contributed by atoms with Crippen LogP contribution in [0.25, 0.3) is 10.9 Å². The van der Waals surface area contributed by atoms with E-state index < -0.39 is 5.97 Å². The van der Waals surface area contributed by atoms with Crippen molar-refractivity contribution in [2.24, 2.45) is 0 Å². The molecular weight excluding hydrogens is 334 g/mol. The van der Waals surface area contributed by atoms with Crippen molar-refractivity contribution >= 4 is 40.1 Å². The number of benzene rings is 2. The number of hydrogen-bond acceptors (Lipinski definition) is 4. The summed E-state index contributed by atoms with van der Waals surface area (Å²) in [6.07, 6.45) is 1.76. The Labute approximate surface area is 149 Å². The molecule has 0 unspecified atom stereocenters. The molecule has 132 valence electrons. The van der Waals surface area contributed by atoms with Gasteiger partial charge in [0, 0.05) is 42.3 Å². The van der Waals surface area contributed by atoms with Gasteiger partial charge in [-0.15, -0.1) is 0 Å². The van der Waals surface area contributed by atoms with Crippen LogP contribution in [0.3, 0.4) is 0 Å². The Kier molecular flexibility index (Phi) is 4.70. The predicted molar refractivity (Wildman–Crippen MR) is 98.3 cm³/mol. The molecule has 0 saturated carbocycles. The molecule has 7 nitrogen and oxygen atoms in total. The fraction of sp³-hybridized carbons (Fsp3) is 0.105. The lowest BCUT2D eigenvalue weighted by Gasteiger charge is -2.11. The first-order chi connectivity index (χ1) is 12.4. The number of carbonyl (C=O) groups is 3. The third-order valence-corrected chi connectivity index (χ3v) is 3.57. The molecule has 7 heteroatoms. The summed E-state index contributed by atoms with van der Waals surface area (Å²) in [6, 6.07) is 11.7. The molecule has 0 aliphatic carbocycles. The maximum atomic E-state index is 12.6. The molecule has 2 amide bonds. The topological polar surface area (TPSA) is 100 Å². The van der Waals surface area contributed by atoms with E-state index in [4.69, 9.17) is 4.74 Å². The van der Waals surface area contributed by atoms with Crippen LogP contribution in [0, 0.1) is 0 Å². The second-order valence-electron chi connectivity index (χ2n) is 5.75. The molecule has 26 heavy (non-hydrogen) atoms. The Bertz CT molecular complexity index is 973. The molecule has 0 saturated heterocycles. The summed E-state index contributed by atoms with van der Waals surface area (Å²) in [6.45, 7) is 2.71. The van der Waals surface area contributed by atoms with E-state index in [9.17, 15) is 14.4 Å². The lowest BCUT2D eigenvalue weighted by Crippen LogP contribution is -2.13. The van der Waals surface area contributed by atoms with Crippen LogP contribution in [0.4, 0.5) is 11.4 Å². The Morgan fingerprint density at radius 1 is 0.923 bits per heavy atom. The number of hydrogen-bond donors (Lipinski definition) is 3. The molecule has 2 aromatic carbocycles. The number of carbonyl (C=O) groups excluding carboxylic acids is 3. The van der Waals surface area contributed by atoms with E-state index in [2.05, 4.69) is 15.6 Å². The van der Waals surface area contributed by atoms with Gasteiger partial charge in [0.1, 0.15) is 5.75 Å². The zero-order chi connectivity index (χ0) is 18.7. The molecule has 0 bridgehead atoms. The van der Waals surface area contributed by atoms with Crippen molar-refractivity contribution in [3.05, 3.63) is 54.2 Å². The molecule has 3 aromatic rings. The molecule has 0 atom stereocenters. The summed E-state index contributed by atoms with van der Waals surface area (Å²) in [5.74, 6) is -0.764. The highest BCUT2D eigenvalue weighted by atomic mass is 16.5. The molecule has 0 spiro atoms. The van der Waals surface area contributed by atoms with E-state index in [1.54, 1.807) is 24.4 Å². The number of ether oxygens (including phenoxy) is 1. The molecule has 1 aromatic heterocycles. The fourth-order valence-corrected chi connectivity index (χ4v) is 2.60. The van der Waals surface area contributed by atoms with Gasteiger partial charge in [-0.1, -0.05) is 6.07 Å². The summed E-state index contributed by atoms with van der Waals surface area (Å²) in [5.41, 5.74) is 1.82. The third kappa shape index (κ3) is 3.89. The van der Waals surface area contributed by atoms with Gasteiger partial charge in [0.05, 0.1) is 5.56 Å². The zero-order valence-electron chi connectivity index (χ0n) is 14.3. The maximum absolute atomic E-state index is 12.6. The minimum Gasteiger partial charge on any atom is -0.422 e. The largest absolute Gasteiger partial charge is 0.422 e. The van der Waals surface area contributed by atoms with Crippen molar-refractivity contribution in [1.82, 2.24) is 4.98 Å². The van der Waals surface area contributed by atoms with E-state index in [0.717, 1.165) is 10.9 Å². The number of esters is 1. The van der Waals surface area contributed by atoms with Crippen molar-refractivity contribution < 1.29 is 19.1 Å². The van der Waals surface area contributed by atoms with E-state index in [-0.39, 0.29) is 17.4 Å². The fourth-order valence-electron chi connectivity index (χ4n) is 2.60. The number of anilines is 2. The lowest BCUT2D eigenvalue weighted by molar-refractivity contribution is -0.115. The average Bonchev–Trinajstić information content (AvgIpc) is 3.03. The third-order valence-electron chi connectivity index (χ3n) is 3.57. The number of rotatable bonds is 4. The summed E-state index contributed by atoms with van der Waals surface area (Å²) >= 11 is 0. The Morgan fingerprint density at radius 3 is 2.19 bits per heavy atom. The van der Waals surface area contributed by atoms with Gasteiger partial charge in [0.15, 0.2) is 0 Å².